The molecule has 18 heavy (non-hydrogen) atoms. The van der Waals surface area contributed by atoms with Crippen LogP contribution in [0, 0.1) is 0 Å². The van der Waals surface area contributed by atoms with Crippen LogP contribution in [0.15, 0.2) is 30.3 Å². The van der Waals surface area contributed by atoms with Gasteiger partial charge < -0.3 is 4.74 Å². The van der Waals surface area contributed by atoms with Crippen LogP contribution in [0.3, 0.4) is 0 Å². The van der Waals surface area contributed by atoms with Crippen molar-refractivity contribution in [3.8, 4) is 0 Å². The average Bonchev–Trinajstić information content (AvgIpc) is 2.40. The van der Waals surface area contributed by atoms with Crippen LogP contribution < -0.4 is 0 Å². The third kappa shape index (κ3) is 5.01. The first kappa shape index (κ1) is 14.9. The van der Waals surface area contributed by atoms with Crippen molar-refractivity contribution in [2.75, 3.05) is 7.11 Å². The van der Waals surface area contributed by atoms with Gasteiger partial charge in [-0.3, -0.25) is 4.79 Å². The summed E-state index contributed by atoms with van der Waals surface area (Å²) in [5.74, 6) is 0.195. The smallest absolute Gasteiger partial charge is 0.166 e. The fourth-order valence-corrected chi connectivity index (χ4v) is 2.12. The SMILES string of the molecule is CCCCCCCC(=O)[C@H](OC)c1ccccc1. The van der Waals surface area contributed by atoms with E-state index in [4.69, 9.17) is 4.74 Å². The summed E-state index contributed by atoms with van der Waals surface area (Å²) >= 11 is 0. The Hall–Kier alpha value is -1.15. The van der Waals surface area contributed by atoms with Crippen molar-refractivity contribution in [1.29, 1.82) is 0 Å². The summed E-state index contributed by atoms with van der Waals surface area (Å²) < 4.78 is 5.33. The second-order valence-corrected chi connectivity index (χ2v) is 4.66. The molecule has 0 heterocycles. The zero-order chi connectivity index (χ0) is 13.2. The number of ether oxygens (including phenoxy) is 1. The molecule has 1 aromatic carbocycles. The molecule has 1 aromatic rings. The lowest BCUT2D eigenvalue weighted by molar-refractivity contribution is -0.129. The molecule has 0 unspecified atom stereocenters. The topological polar surface area (TPSA) is 26.3 Å². The van der Waals surface area contributed by atoms with Crippen LogP contribution in [0.25, 0.3) is 0 Å². The van der Waals surface area contributed by atoms with Crippen LogP contribution in [0.2, 0.25) is 0 Å². The molecule has 0 aliphatic carbocycles. The predicted molar refractivity (Wildman–Crippen MR) is 74.6 cm³/mol. The Morgan fingerprint density at radius 1 is 1.11 bits per heavy atom. The quantitative estimate of drug-likeness (QED) is 0.609. The molecule has 0 spiro atoms. The lowest BCUT2D eigenvalue weighted by atomic mass is 10.0. The highest BCUT2D eigenvalue weighted by molar-refractivity contribution is 5.84. The second kappa shape index (κ2) is 8.87. The number of carbonyl (C=O) groups excluding carboxylic acids is 1. The van der Waals surface area contributed by atoms with E-state index in [2.05, 4.69) is 6.92 Å². The Morgan fingerprint density at radius 2 is 1.78 bits per heavy atom. The van der Waals surface area contributed by atoms with Gasteiger partial charge in [0.1, 0.15) is 6.10 Å². The van der Waals surface area contributed by atoms with Gasteiger partial charge in [0.25, 0.3) is 0 Å². The molecule has 100 valence electrons. The summed E-state index contributed by atoms with van der Waals surface area (Å²) in [5, 5.41) is 0. The Kier molecular flexibility index (Phi) is 7.35. The lowest BCUT2D eigenvalue weighted by Crippen LogP contribution is -2.14. The number of hydrogen-bond acceptors (Lipinski definition) is 2. The first-order chi connectivity index (χ1) is 8.79. The fourth-order valence-electron chi connectivity index (χ4n) is 2.12. The first-order valence-electron chi connectivity index (χ1n) is 6.90. The highest BCUT2D eigenvalue weighted by Crippen LogP contribution is 2.20. The van der Waals surface area contributed by atoms with E-state index >= 15 is 0 Å². The number of benzene rings is 1. The van der Waals surface area contributed by atoms with Gasteiger partial charge in [-0.05, 0) is 12.0 Å². The molecular weight excluding hydrogens is 224 g/mol. The standard InChI is InChI=1S/C16H24O2/c1-3-4-5-6-10-13-15(17)16(18-2)14-11-8-7-9-12-14/h7-9,11-12,16H,3-6,10,13H2,1-2H3/t16-/m1/s1. The summed E-state index contributed by atoms with van der Waals surface area (Å²) in [7, 11) is 1.60. The van der Waals surface area contributed by atoms with E-state index in [0.717, 1.165) is 18.4 Å². The van der Waals surface area contributed by atoms with E-state index in [9.17, 15) is 4.79 Å². The van der Waals surface area contributed by atoms with Crippen LogP contribution >= 0.6 is 0 Å². The van der Waals surface area contributed by atoms with Crippen molar-refractivity contribution in [3.05, 3.63) is 35.9 Å². The van der Waals surface area contributed by atoms with Gasteiger partial charge in [-0.25, -0.2) is 0 Å². The molecule has 0 saturated heterocycles. The van der Waals surface area contributed by atoms with Crippen molar-refractivity contribution >= 4 is 5.78 Å². The molecule has 0 N–H and O–H groups in total. The molecular formula is C16H24O2. The van der Waals surface area contributed by atoms with Gasteiger partial charge >= 0.3 is 0 Å². The van der Waals surface area contributed by atoms with E-state index in [1.54, 1.807) is 7.11 Å². The molecule has 0 radical (unpaired) electrons. The summed E-state index contributed by atoms with van der Waals surface area (Å²) in [4.78, 5) is 12.1. The summed E-state index contributed by atoms with van der Waals surface area (Å²) in [6.45, 7) is 2.20. The Labute approximate surface area is 110 Å². The molecule has 1 atom stereocenters. The second-order valence-electron chi connectivity index (χ2n) is 4.66. The van der Waals surface area contributed by atoms with E-state index in [1.807, 2.05) is 30.3 Å². The van der Waals surface area contributed by atoms with Crippen LogP contribution in [0.5, 0.6) is 0 Å². The minimum atomic E-state index is -0.391. The lowest BCUT2D eigenvalue weighted by Gasteiger charge is -2.14. The minimum absolute atomic E-state index is 0.195. The molecule has 2 nitrogen and oxygen atoms in total. The number of unbranched alkanes of at least 4 members (excludes halogenated alkanes) is 4. The van der Waals surface area contributed by atoms with E-state index in [1.165, 1.54) is 19.3 Å². The van der Waals surface area contributed by atoms with Crippen LogP contribution in [-0.2, 0) is 9.53 Å². The highest BCUT2D eigenvalue weighted by Gasteiger charge is 2.18. The van der Waals surface area contributed by atoms with Gasteiger partial charge in [-0.15, -0.1) is 0 Å². The third-order valence-electron chi connectivity index (χ3n) is 3.16. The molecule has 0 aromatic heterocycles. The van der Waals surface area contributed by atoms with Gasteiger partial charge in [0.15, 0.2) is 5.78 Å². The number of ketones is 1. The maximum atomic E-state index is 12.1. The third-order valence-corrected chi connectivity index (χ3v) is 3.16. The number of carbonyl (C=O) groups is 1. The maximum absolute atomic E-state index is 12.1. The first-order valence-corrected chi connectivity index (χ1v) is 6.90. The fraction of sp³-hybridized carbons (Fsp3) is 0.562. The highest BCUT2D eigenvalue weighted by atomic mass is 16.5. The Morgan fingerprint density at radius 3 is 2.39 bits per heavy atom. The van der Waals surface area contributed by atoms with Gasteiger partial charge in [0, 0.05) is 13.5 Å². The van der Waals surface area contributed by atoms with Crippen molar-refractivity contribution < 1.29 is 9.53 Å². The average molecular weight is 248 g/mol. The summed E-state index contributed by atoms with van der Waals surface area (Å²) in [6, 6.07) is 9.73. The molecule has 0 saturated carbocycles. The van der Waals surface area contributed by atoms with Crippen molar-refractivity contribution in [1.82, 2.24) is 0 Å². The molecule has 2 heteroatoms. The van der Waals surface area contributed by atoms with Gasteiger partial charge in [0.05, 0.1) is 0 Å². The van der Waals surface area contributed by atoms with Crippen LogP contribution in [0.4, 0.5) is 0 Å². The number of rotatable bonds is 9. The number of methoxy groups -OCH3 is 1. The number of Topliss-reactive ketones (excluding diaryl/α,β-unsaturated/α-hetero) is 1. The van der Waals surface area contributed by atoms with Crippen molar-refractivity contribution in [3.63, 3.8) is 0 Å². The Bertz CT molecular complexity index is 332. The molecule has 1 rings (SSSR count). The maximum Gasteiger partial charge on any atom is 0.166 e. The van der Waals surface area contributed by atoms with E-state index in [-0.39, 0.29) is 5.78 Å². The zero-order valence-corrected chi connectivity index (χ0v) is 11.5. The van der Waals surface area contributed by atoms with Crippen LogP contribution in [0.1, 0.15) is 57.1 Å². The van der Waals surface area contributed by atoms with Gasteiger partial charge in [-0.2, -0.15) is 0 Å². The molecule has 0 aliphatic rings. The zero-order valence-electron chi connectivity index (χ0n) is 11.5. The number of hydrogen-bond donors (Lipinski definition) is 0. The van der Waals surface area contributed by atoms with Crippen molar-refractivity contribution in [2.45, 2.75) is 51.6 Å². The van der Waals surface area contributed by atoms with Gasteiger partial charge in [-0.1, -0.05) is 62.9 Å². The van der Waals surface area contributed by atoms with Crippen molar-refractivity contribution in [2.24, 2.45) is 0 Å². The minimum Gasteiger partial charge on any atom is -0.369 e. The monoisotopic (exact) mass is 248 g/mol. The summed E-state index contributed by atoms with van der Waals surface area (Å²) in [6.07, 6.45) is 6.08. The molecule has 0 amide bonds. The normalized spacial score (nSPS) is 12.3. The Balaban J connectivity index is 2.39. The molecule has 0 aliphatic heterocycles. The predicted octanol–water partition coefficient (Wildman–Crippen LogP) is 4.30. The summed E-state index contributed by atoms with van der Waals surface area (Å²) in [5.41, 5.74) is 0.957. The van der Waals surface area contributed by atoms with Crippen LogP contribution in [-0.4, -0.2) is 12.9 Å². The van der Waals surface area contributed by atoms with E-state index in [0.29, 0.717) is 6.42 Å². The molecule has 0 fully saturated rings. The van der Waals surface area contributed by atoms with E-state index < -0.39 is 6.10 Å². The largest absolute Gasteiger partial charge is 0.369 e. The molecule has 0 bridgehead atoms. The van der Waals surface area contributed by atoms with Gasteiger partial charge in [0.2, 0.25) is 0 Å².